The van der Waals surface area contributed by atoms with E-state index in [-0.39, 0.29) is 23.3 Å². The minimum absolute atomic E-state index is 0.0336. The molecule has 1 amide bonds. The zero-order valence-electron chi connectivity index (χ0n) is 11.7. The molecule has 3 nitrogen and oxygen atoms in total. The van der Waals surface area contributed by atoms with Gasteiger partial charge in [0, 0.05) is 11.5 Å². The topological polar surface area (TPSA) is 40.5 Å². The van der Waals surface area contributed by atoms with Gasteiger partial charge in [0.05, 0.1) is 11.6 Å². The summed E-state index contributed by atoms with van der Waals surface area (Å²) in [6.07, 6.45) is 0. The normalized spacial score (nSPS) is 12.0. The molecule has 5 heteroatoms. The molecule has 0 aliphatic rings. The first-order chi connectivity index (χ1) is 9.90. The maximum absolute atomic E-state index is 13.9. The molecule has 0 spiro atoms. The van der Waals surface area contributed by atoms with Crippen molar-refractivity contribution in [1.29, 1.82) is 0 Å². The summed E-state index contributed by atoms with van der Waals surface area (Å²) >= 11 is 3.17. The van der Waals surface area contributed by atoms with Crippen molar-refractivity contribution in [3.05, 3.63) is 63.9 Å². The second-order valence-corrected chi connectivity index (χ2v) is 5.72. The van der Waals surface area contributed by atoms with Gasteiger partial charge in [-0.1, -0.05) is 28.1 Å². The summed E-state index contributed by atoms with van der Waals surface area (Å²) in [4.78, 5) is 13.9. The van der Waals surface area contributed by atoms with Gasteiger partial charge in [-0.05, 0) is 42.8 Å². The van der Waals surface area contributed by atoms with E-state index in [9.17, 15) is 14.3 Å². The van der Waals surface area contributed by atoms with E-state index in [2.05, 4.69) is 15.9 Å². The van der Waals surface area contributed by atoms with Gasteiger partial charge in [0.25, 0.3) is 5.91 Å². The molecular formula is C16H15BrFNO2. The first kappa shape index (κ1) is 15.5. The van der Waals surface area contributed by atoms with Crippen molar-refractivity contribution < 1.29 is 14.3 Å². The summed E-state index contributed by atoms with van der Waals surface area (Å²) in [7, 11) is 1.63. The Morgan fingerprint density at radius 1 is 1.24 bits per heavy atom. The third-order valence-electron chi connectivity index (χ3n) is 3.44. The Morgan fingerprint density at radius 2 is 1.86 bits per heavy atom. The van der Waals surface area contributed by atoms with Crippen LogP contribution < -0.4 is 0 Å². The van der Waals surface area contributed by atoms with Gasteiger partial charge in [-0.15, -0.1) is 0 Å². The third-order valence-corrected chi connectivity index (χ3v) is 3.93. The zero-order valence-corrected chi connectivity index (χ0v) is 13.3. The van der Waals surface area contributed by atoms with Gasteiger partial charge in [-0.25, -0.2) is 4.39 Å². The number of hydrogen-bond donors (Lipinski definition) is 1. The van der Waals surface area contributed by atoms with E-state index in [0.717, 1.165) is 5.56 Å². The molecule has 110 valence electrons. The molecule has 0 fully saturated rings. The van der Waals surface area contributed by atoms with Crippen LogP contribution >= 0.6 is 15.9 Å². The Labute approximate surface area is 131 Å². The summed E-state index contributed by atoms with van der Waals surface area (Å²) in [6.45, 7) is 1.85. The van der Waals surface area contributed by atoms with Crippen LogP contribution in [0.4, 0.5) is 4.39 Å². The molecule has 2 aromatic rings. The summed E-state index contributed by atoms with van der Waals surface area (Å²) < 4.78 is 14.5. The van der Waals surface area contributed by atoms with Gasteiger partial charge in [-0.2, -0.15) is 0 Å². The fourth-order valence-corrected chi connectivity index (χ4v) is 2.34. The summed E-state index contributed by atoms with van der Waals surface area (Å²) in [6, 6.07) is 10.7. The minimum Gasteiger partial charge on any atom is -0.508 e. The van der Waals surface area contributed by atoms with E-state index in [1.807, 2.05) is 6.92 Å². The monoisotopic (exact) mass is 351 g/mol. The van der Waals surface area contributed by atoms with E-state index in [0.29, 0.717) is 4.47 Å². The molecule has 1 atom stereocenters. The molecule has 21 heavy (non-hydrogen) atoms. The average molecular weight is 352 g/mol. The summed E-state index contributed by atoms with van der Waals surface area (Å²) in [5.74, 6) is -0.779. The molecule has 2 aromatic carbocycles. The molecule has 0 heterocycles. The van der Waals surface area contributed by atoms with E-state index in [4.69, 9.17) is 0 Å². The Hall–Kier alpha value is -1.88. The lowest BCUT2D eigenvalue weighted by atomic mass is 10.1. The molecule has 0 saturated carbocycles. The Morgan fingerprint density at radius 3 is 2.43 bits per heavy atom. The summed E-state index contributed by atoms with van der Waals surface area (Å²) in [5, 5.41) is 9.29. The lowest BCUT2D eigenvalue weighted by molar-refractivity contribution is 0.0738. The minimum atomic E-state index is -0.556. The Bertz CT molecular complexity index is 658. The number of carbonyl (C=O) groups excluding carboxylic acids is 1. The van der Waals surface area contributed by atoms with Crippen molar-refractivity contribution in [2.24, 2.45) is 0 Å². The highest BCUT2D eigenvalue weighted by Gasteiger charge is 2.21. The lowest BCUT2D eigenvalue weighted by Crippen LogP contribution is -2.30. The second-order valence-electron chi connectivity index (χ2n) is 4.81. The molecule has 0 bridgehead atoms. The predicted molar refractivity (Wildman–Crippen MR) is 82.7 cm³/mol. The van der Waals surface area contributed by atoms with Gasteiger partial charge in [0.15, 0.2) is 0 Å². The largest absolute Gasteiger partial charge is 0.508 e. The highest BCUT2D eigenvalue weighted by molar-refractivity contribution is 9.10. The number of hydrogen-bond acceptors (Lipinski definition) is 2. The average Bonchev–Trinajstić information content (AvgIpc) is 2.46. The van der Waals surface area contributed by atoms with Crippen molar-refractivity contribution in [3.8, 4) is 5.75 Å². The van der Waals surface area contributed by atoms with Crippen LogP contribution in [-0.2, 0) is 0 Å². The quantitative estimate of drug-likeness (QED) is 0.903. The van der Waals surface area contributed by atoms with Crippen LogP contribution in [0.1, 0.15) is 28.9 Å². The fourth-order valence-electron chi connectivity index (χ4n) is 2.01. The van der Waals surface area contributed by atoms with Crippen LogP contribution in [0.3, 0.4) is 0 Å². The predicted octanol–water partition coefficient (Wildman–Crippen LogP) is 4.13. The molecule has 0 aliphatic heterocycles. The maximum atomic E-state index is 13.9. The number of aromatic hydroxyl groups is 1. The lowest BCUT2D eigenvalue weighted by Gasteiger charge is -2.25. The smallest absolute Gasteiger partial charge is 0.257 e. The van der Waals surface area contributed by atoms with Crippen LogP contribution in [0.5, 0.6) is 5.75 Å². The molecular weight excluding hydrogens is 337 g/mol. The molecule has 0 aromatic heterocycles. The van der Waals surface area contributed by atoms with Gasteiger partial charge >= 0.3 is 0 Å². The van der Waals surface area contributed by atoms with Gasteiger partial charge in [-0.3, -0.25) is 4.79 Å². The zero-order chi connectivity index (χ0) is 15.6. The highest BCUT2D eigenvalue weighted by atomic mass is 79.9. The fraction of sp³-hybridized carbons (Fsp3) is 0.188. The SMILES string of the molecule is CC(c1ccc(O)cc1)N(C)C(=O)c1ccc(Br)cc1F. The Balaban J connectivity index is 2.24. The van der Waals surface area contributed by atoms with Crippen LogP contribution in [0.2, 0.25) is 0 Å². The maximum Gasteiger partial charge on any atom is 0.257 e. The summed E-state index contributed by atoms with van der Waals surface area (Å²) in [5.41, 5.74) is 0.896. The standard InChI is InChI=1S/C16H15BrFNO2/c1-10(11-3-6-13(20)7-4-11)19(2)16(21)14-8-5-12(17)9-15(14)18/h3-10,20H,1-2H3. The van der Waals surface area contributed by atoms with Crippen molar-refractivity contribution in [1.82, 2.24) is 4.90 Å². The number of rotatable bonds is 3. The Kier molecular flexibility index (Phi) is 4.63. The van der Waals surface area contributed by atoms with E-state index >= 15 is 0 Å². The van der Waals surface area contributed by atoms with E-state index in [1.54, 1.807) is 37.4 Å². The van der Waals surface area contributed by atoms with Crippen LogP contribution in [0, 0.1) is 5.82 Å². The number of phenolic OH excluding ortho intramolecular Hbond substituents is 1. The van der Waals surface area contributed by atoms with Crippen molar-refractivity contribution in [2.45, 2.75) is 13.0 Å². The number of carbonyl (C=O) groups is 1. The van der Waals surface area contributed by atoms with Crippen molar-refractivity contribution in [3.63, 3.8) is 0 Å². The van der Waals surface area contributed by atoms with Crippen molar-refractivity contribution >= 4 is 21.8 Å². The third kappa shape index (κ3) is 3.42. The van der Waals surface area contributed by atoms with Crippen LogP contribution in [0.25, 0.3) is 0 Å². The highest BCUT2D eigenvalue weighted by Crippen LogP contribution is 2.24. The first-order valence-corrected chi connectivity index (χ1v) is 7.20. The van der Waals surface area contributed by atoms with E-state index < -0.39 is 5.82 Å². The van der Waals surface area contributed by atoms with Gasteiger partial charge in [0.2, 0.25) is 0 Å². The number of benzene rings is 2. The molecule has 0 radical (unpaired) electrons. The van der Waals surface area contributed by atoms with Gasteiger partial charge in [0.1, 0.15) is 11.6 Å². The molecule has 0 aliphatic carbocycles. The number of amides is 1. The van der Waals surface area contributed by atoms with E-state index in [1.165, 1.54) is 17.0 Å². The van der Waals surface area contributed by atoms with Crippen molar-refractivity contribution in [2.75, 3.05) is 7.05 Å². The first-order valence-electron chi connectivity index (χ1n) is 6.41. The number of phenols is 1. The second kappa shape index (κ2) is 6.26. The van der Waals surface area contributed by atoms with Crippen LogP contribution in [0.15, 0.2) is 46.9 Å². The number of nitrogens with zero attached hydrogens (tertiary/aromatic N) is 1. The molecule has 2 rings (SSSR count). The van der Waals surface area contributed by atoms with Crippen LogP contribution in [-0.4, -0.2) is 23.0 Å². The van der Waals surface area contributed by atoms with Gasteiger partial charge < -0.3 is 10.0 Å². The molecule has 0 saturated heterocycles. The number of halogens is 2. The molecule has 1 unspecified atom stereocenters. The molecule has 1 N–H and O–H groups in total.